The van der Waals surface area contributed by atoms with Crippen LogP contribution in [0.5, 0.6) is 11.5 Å². The van der Waals surface area contributed by atoms with Crippen LogP contribution >= 0.6 is 0 Å². The molecule has 0 aliphatic rings. The molecule has 0 aromatic heterocycles. The van der Waals surface area contributed by atoms with Crippen molar-refractivity contribution in [3.63, 3.8) is 0 Å². The maximum absolute atomic E-state index is 13.7. The summed E-state index contributed by atoms with van der Waals surface area (Å²) in [4.78, 5) is 12.2. The molecule has 3 aromatic carbocycles. The second-order valence-electron chi connectivity index (χ2n) is 5.38. The Hall–Kier alpha value is -3.28. The van der Waals surface area contributed by atoms with Crippen LogP contribution in [0.4, 0.5) is 13.2 Å². The van der Waals surface area contributed by atoms with Crippen LogP contribution in [0, 0.1) is 17.5 Å². The largest absolute Gasteiger partial charge is 0.490 e. The molecule has 6 heteroatoms. The van der Waals surface area contributed by atoms with E-state index >= 15 is 0 Å². The number of halogens is 3. The van der Waals surface area contributed by atoms with Crippen LogP contribution in [-0.4, -0.2) is 12.6 Å². The molecule has 0 saturated carbocycles. The minimum atomic E-state index is -1.54. The smallest absolute Gasteiger partial charge is 0.343 e. The minimum Gasteiger partial charge on any atom is -0.490 e. The zero-order valence-electron chi connectivity index (χ0n) is 13.5. The van der Waals surface area contributed by atoms with Crippen molar-refractivity contribution in [1.29, 1.82) is 0 Å². The standard InChI is InChI=1S/C20H13F3O3/c1-2-9-25-14-5-3-12(4-6-14)20(24)26-15-7-8-16-13(10-15)11-17(21)19(23)18(16)22/h2-8,10-11H,1,9H2. The minimum absolute atomic E-state index is 0.0832. The van der Waals surface area contributed by atoms with Crippen molar-refractivity contribution in [1.82, 2.24) is 0 Å². The van der Waals surface area contributed by atoms with Crippen LogP contribution in [0.2, 0.25) is 0 Å². The van der Waals surface area contributed by atoms with Crippen LogP contribution in [-0.2, 0) is 0 Å². The van der Waals surface area contributed by atoms with E-state index in [-0.39, 0.29) is 22.1 Å². The Morgan fingerprint density at radius 1 is 0.962 bits per heavy atom. The predicted molar refractivity (Wildman–Crippen MR) is 90.9 cm³/mol. The highest BCUT2D eigenvalue weighted by molar-refractivity contribution is 5.92. The van der Waals surface area contributed by atoms with Crippen molar-refractivity contribution in [2.24, 2.45) is 0 Å². The van der Waals surface area contributed by atoms with Gasteiger partial charge in [-0.05, 0) is 53.9 Å². The Labute approximate surface area is 147 Å². The Morgan fingerprint density at radius 2 is 1.65 bits per heavy atom. The summed E-state index contributed by atoms with van der Waals surface area (Å²) in [5, 5.41) is -0.0210. The van der Waals surface area contributed by atoms with Crippen molar-refractivity contribution in [2.45, 2.75) is 0 Å². The second-order valence-corrected chi connectivity index (χ2v) is 5.38. The molecule has 3 nitrogen and oxygen atoms in total. The molecule has 0 saturated heterocycles. The van der Waals surface area contributed by atoms with Gasteiger partial charge in [0.1, 0.15) is 18.1 Å². The lowest BCUT2D eigenvalue weighted by atomic mass is 10.1. The number of rotatable bonds is 5. The van der Waals surface area contributed by atoms with Gasteiger partial charge in [0, 0.05) is 5.39 Å². The summed E-state index contributed by atoms with van der Waals surface area (Å²) in [5.74, 6) is -4.13. The van der Waals surface area contributed by atoms with Crippen LogP contribution in [0.15, 0.2) is 61.2 Å². The van der Waals surface area contributed by atoms with Gasteiger partial charge in [0.05, 0.1) is 5.56 Å². The van der Waals surface area contributed by atoms with Crippen molar-refractivity contribution in [3.8, 4) is 11.5 Å². The van der Waals surface area contributed by atoms with Gasteiger partial charge in [0.2, 0.25) is 0 Å². The molecule has 0 aliphatic heterocycles. The predicted octanol–water partition coefficient (Wildman–Crippen LogP) is 5.04. The van der Waals surface area contributed by atoms with Crippen LogP contribution in [0.25, 0.3) is 10.8 Å². The van der Waals surface area contributed by atoms with Gasteiger partial charge in [-0.3, -0.25) is 0 Å². The van der Waals surface area contributed by atoms with E-state index in [2.05, 4.69) is 6.58 Å². The van der Waals surface area contributed by atoms with Gasteiger partial charge < -0.3 is 9.47 Å². The number of esters is 1. The van der Waals surface area contributed by atoms with Crippen molar-refractivity contribution >= 4 is 16.7 Å². The first-order valence-corrected chi connectivity index (χ1v) is 7.63. The van der Waals surface area contributed by atoms with Gasteiger partial charge in [-0.2, -0.15) is 0 Å². The first-order chi connectivity index (χ1) is 12.5. The Bertz CT molecular complexity index is 982. The molecule has 0 bridgehead atoms. The molecule has 0 unspecified atom stereocenters. The van der Waals surface area contributed by atoms with Crippen LogP contribution < -0.4 is 9.47 Å². The number of ether oxygens (including phenoxy) is 2. The number of fused-ring (bicyclic) bond motifs is 1. The van der Waals surface area contributed by atoms with Crippen molar-refractivity contribution in [2.75, 3.05) is 6.61 Å². The highest BCUT2D eigenvalue weighted by Crippen LogP contribution is 2.27. The monoisotopic (exact) mass is 358 g/mol. The molecular formula is C20H13F3O3. The lowest BCUT2D eigenvalue weighted by Crippen LogP contribution is -2.08. The summed E-state index contributed by atoms with van der Waals surface area (Å²) in [5.41, 5.74) is 0.271. The Balaban J connectivity index is 1.80. The summed E-state index contributed by atoms with van der Waals surface area (Å²) >= 11 is 0. The third-order valence-corrected chi connectivity index (χ3v) is 3.61. The number of carbonyl (C=O) groups is 1. The fourth-order valence-corrected chi connectivity index (χ4v) is 2.35. The molecule has 132 valence electrons. The van der Waals surface area contributed by atoms with Gasteiger partial charge in [-0.1, -0.05) is 12.7 Å². The van der Waals surface area contributed by atoms with Crippen LogP contribution in [0.3, 0.4) is 0 Å². The van der Waals surface area contributed by atoms with E-state index in [9.17, 15) is 18.0 Å². The van der Waals surface area contributed by atoms with Gasteiger partial charge in [0.15, 0.2) is 17.5 Å². The molecule has 0 radical (unpaired) electrons. The van der Waals surface area contributed by atoms with E-state index in [1.54, 1.807) is 18.2 Å². The number of carbonyl (C=O) groups excluding carboxylic acids is 1. The van der Waals surface area contributed by atoms with Crippen molar-refractivity contribution in [3.05, 3.63) is 84.2 Å². The number of benzene rings is 3. The normalized spacial score (nSPS) is 10.6. The highest BCUT2D eigenvalue weighted by Gasteiger charge is 2.15. The molecule has 0 atom stereocenters. The summed E-state index contributed by atoms with van der Waals surface area (Å²) < 4.78 is 50.8. The molecule has 0 aliphatic carbocycles. The summed E-state index contributed by atoms with van der Waals surface area (Å²) in [6.07, 6.45) is 1.60. The molecular weight excluding hydrogens is 345 g/mol. The Morgan fingerprint density at radius 3 is 2.35 bits per heavy atom. The zero-order chi connectivity index (χ0) is 18.7. The van der Waals surface area contributed by atoms with E-state index in [1.165, 1.54) is 30.3 Å². The van der Waals surface area contributed by atoms with Gasteiger partial charge >= 0.3 is 5.97 Å². The summed E-state index contributed by atoms with van der Waals surface area (Å²) in [6.45, 7) is 3.88. The van der Waals surface area contributed by atoms with E-state index in [0.717, 1.165) is 6.07 Å². The van der Waals surface area contributed by atoms with Crippen molar-refractivity contribution < 1.29 is 27.4 Å². The fraction of sp³-hybridized carbons (Fsp3) is 0.0500. The molecule has 3 rings (SSSR count). The molecule has 0 N–H and O–H groups in total. The van der Waals surface area contributed by atoms with Gasteiger partial charge in [-0.15, -0.1) is 0 Å². The quantitative estimate of drug-likeness (QED) is 0.277. The fourth-order valence-electron chi connectivity index (χ4n) is 2.35. The van der Waals surface area contributed by atoms with Crippen LogP contribution in [0.1, 0.15) is 10.4 Å². The van der Waals surface area contributed by atoms with Gasteiger partial charge in [-0.25, -0.2) is 18.0 Å². The Kier molecular flexibility index (Phi) is 4.93. The molecule has 0 amide bonds. The van der Waals surface area contributed by atoms with Gasteiger partial charge in [0.25, 0.3) is 0 Å². The van der Waals surface area contributed by atoms with E-state index in [4.69, 9.17) is 9.47 Å². The second kappa shape index (κ2) is 7.31. The first-order valence-electron chi connectivity index (χ1n) is 7.63. The summed E-state index contributed by atoms with van der Waals surface area (Å²) in [6, 6.07) is 10.9. The molecule has 0 spiro atoms. The third-order valence-electron chi connectivity index (χ3n) is 3.61. The first kappa shape index (κ1) is 17.5. The molecule has 3 aromatic rings. The number of hydrogen-bond acceptors (Lipinski definition) is 3. The van der Waals surface area contributed by atoms with E-state index in [1.807, 2.05) is 0 Å². The average molecular weight is 358 g/mol. The maximum atomic E-state index is 13.7. The molecule has 0 fully saturated rings. The van der Waals surface area contributed by atoms with E-state index < -0.39 is 23.4 Å². The molecule has 0 heterocycles. The molecule has 26 heavy (non-hydrogen) atoms. The lowest BCUT2D eigenvalue weighted by Gasteiger charge is -2.08. The topological polar surface area (TPSA) is 35.5 Å². The van der Waals surface area contributed by atoms with E-state index in [0.29, 0.717) is 12.4 Å². The summed E-state index contributed by atoms with van der Waals surface area (Å²) in [7, 11) is 0. The highest BCUT2D eigenvalue weighted by atomic mass is 19.2. The average Bonchev–Trinajstić information content (AvgIpc) is 2.65. The third kappa shape index (κ3) is 3.54. The number of hydrogen-bond donors (Lipinski definition) is 0. The maximum Gasteiger partial charge on any atom is 0.343 e. The zero-order valence-corrected chi connectivity index (χ0v) is 13.5. The SMILES string of the molecule is C=CCOc1ccc(C(=O)Oc2ccc3c(F)c(F)c(F)cc3c2)cc1. The lowest BCUT2D eigenvalue weighted by molar-refractivity contribution is 0.0735.